The highest BCUT2D eigenvalue weighted by molar-refractivity contribution is 6.06. The molecule has 2 aromatic heterocycles. The first-order valence-corrected chi connectivity index (χ1v) is 5.09. The molecule has 0 amide bonds. The lowest BCUT2D eigenvalue weighted by atomic mass is 10.1. The Hall–Kier alpha value is -1.83. The number of nitrogens with one attached hydrogen (secondary N) is 1. The number of rotatable bonds is 0. The standard InChI is InChI=1S/C13H12N2/c1-8-6-11-10-4-3-5-14-13(10)15-12(11)7-9(8)2/h3-7H,1-2H3,(H,14,15). The normalized spacial score (nSPS) is 11.3. The molecular formula is C13H12N2. The van der Waals surface area contributed by atoms with Crippen LogP contribution < -0.4 is 0 Å². The van der Waals surface area contributed by atoms with E-state index in [2.05, 4.69) is 42.0 Å². The number of aromatic nitrogens is 2. The second kappa shape index (κ2) is 2.83. The molecule has 2 heteroatoms. The summed E-state index contributed by atoms with van der Waals surface area (Å²) >= 11 is 0. The van der Waals surface area contributed by atoms with Crippen LogP contribution in [0.4, 0.5) is 0 Å². The summed E-state index contributed by atoms with van der Waals surface area (Å²) in [5, 5.41) is 2.47. The van der Waals surface area contributed by atoms with Crippen LogP contribution in [0.3, 0.4) is 0 Å². The number of hydrogen-bond acceptors (Lipinski definition) is 1. The third-order valence-electron chi connectivity index (χ3n) is 2.98. The SMILES string of the molecule is Cc1cc2[nH]c3ncccc3c2cc1C. The van der Waals surface area contributed by atoms with Gasteiger partial charge < -0.3 is 4.98 Å². The van der Waals surface area contributed by atoms with Gasteiger partial charge in [-0.15, -0.1) is 0 Å². The quantitative estimate of drug-likeness (QED) is 0.587. The Kier molecular flexibility index (Phi) is 1.60. The number of nitrogens with zero attached hydrogens (tertiary/aromatic N) is 1. The minimum atomic E-state index is 0.970. The van der Waals surface area contributed by atoms with Crippen LogP contribution >= 0.6 is 0 Å². The van der Waals surface area contributed by atoms with Crippen molar-refractivity contribution >= 4 is 21.9 Å². The Morgan fingerprint density at radius 1 is 1.07 bits per heavy atom. The second-order valence-corrected chi connectivity index (χ2v) is 4.01. The molecule has 3 aromatic rings. The van der Waals surface area contributed by atoms with Gasteiger partial charge in [0.25, 0.3) is 0 Å². The molecule has 2 heterocycles. The van der Waals surface area contributed by atoms with Crippen molar-refractivity contribution in [1.82, 2.24) is 9.97 Å². The first-order valence-electron chi connectivity index (χ1n) is 5.09. The predicted octanol–water partition coefficient (Wildman–Crippen LogP) is 3.33. The summed E-state index contributed by atoms with van der Waals surface area (Å²) < 4.78 is 0. The van der Waals surface area contributed by atoms with E-state index in [0.29, 0.717) is 0 Å². The van der Waals surface area contributed by atoms with Crippen LogP contribution in [0.25, 0.3) is 21.9 Å². The van der Waals surface area contributed by atoms with Gasteiger partial charge >= 0.3 is 0 Å². The van der Waals surface area contributed by atoms with E-state index in [1.54, 1.807) is 0 Å². The van der Waals surface area contributed by atoms with Crippen LogP contribution in [0.5, 0.6) is 0 Å². The predicted molar refractivity (Wildman–Crippen MR) is 63.1 cm³/mol. The number of benzene rings is 1. The van der Waals surface area contributed by atoms with Crippen LogP contribution in [0.1, 0.15) is 11.1 Å². The fraction of sp³-hybridized carbons (Fsp3) is 0.154. The van der Waals surface area contributed by atoms with Gasteiger partial charge in [0.15, 0.2) is 0 Å². The summed E-state index contributed by atoms with van der Waals surface area (Å²) in [6, 6.07) is 8.50. The summed E-state index contributed by atoms with van der Waals surface area (Å²) in [5.74, 6) is 0. The van der Waals surface area contributed by atoms with E-state index < -0.39 is 0 Å². The highest BCUT2D eigenvalue weighted by Crippen LogP contribution is 2.26. The highest BCUT2D eigenvalue weighted by Gasteiger charge is 2.05. The Labute approximate surface area is 88.0 Å². The van der Waals surface area contributed by atoms with Crippen molar-refractivity contribution in [3.05, 3.63) is 41.6 Å². The van der Waals surface area contributed by atoms with Crippen LogP contribution in [-0.4, -0.2) is 9.97 Å². The number of H-pyrrole nitrogens is 1. The van der Waals surface area contributed by atoms with E-state index in [4.69, 9.17) is 0 Å². The molecule has 0 radical (unpaired) electrons. The van der Waals surface area contributed by atoms with Crippen LogP contribution in [-0.2, 0) is 0 Å². The van der Waals surface area contributed by atoms with Crippen molar-refractivity contribution in [1.29, 1.82) is 0 Å². The van der Waals surface area contributed by atoms with Gasteiger partial charge in [-0.1, -0.05) is 0 Å². The minimum Gasteiger partial charge on any atom is -0.339 e. The Morgan fingerprint density at radius 3 is 2.73 bits per heavy atom. The van der Waals surface area contributed by atoms with Crippen molar-refractivity contribution in [3.8, 4) is 0 Å². The maximum Gasteiger partial charge on any atom is 0.138 e. The van der Waals surface area contributed by atoms with E-state index in [1.807, 2.05) is 12.3 Å². The summed E-state index contributed by atoms with van der Waals surface area (Å²) in [7, 11) is 0. The molecule has 0 unspecified atom stereocenters. The van der Waals surface area contributed by atoms with Crippen molar-refractivity contribution in [2.75, 3.05) is 0 Å². The van der Waals surface area contributed by atoms with E-state index in [0.717, 1.165) is 5.65 Å². The van der Waals surface area contributed by atoms with E-state index >= 15 is 0 Å². The molecule has 1 aromatic carbocycles. The van der Waals surface area contributed by atoms with Crippen LogP contribution in [0, 0.1) is 13.8 Å². The lowest BCUT2D eigenvalue weighted by molar-refractivity contribution is 1.33. The van der Waals surface area contributed by atoms with Gasteiger partial charge in [0.2, 0.25) is 0 Å². The monoisotopic (exact) mass is 196 g/mol. The van der Waals surface area contributed by atoms with E-state index in [9.17, 15) is 0 Å². The number of pyridine rings is 1. The smallest absolute Gasteiger partial charge is 0.138 e. The lowest BCUT2D eigenvalue weighted by Gasteiger charge is -1.99. The van der Waals surface area contributed by atoms with Crippen molar-refractivity contribution in [2.45, 2.75) is 13.8 Å². The molecule has 2 nitrogen and oxygen atoms in total. The topological polar surface area (TPSA) is 28.7 Å². The molecule has 0 saturated heterocycles. The molecule has 0 fully saturated rings. The number of aryl methyl sites for hydroxylation is 2. The summed E-state index contributed by atoms with van der Waals surface area (Å²) in [4.78, 5) is 7.66. The molecule has 0 spiro atoms. The minimum absolute atomic E-state index is 0.970. The average molecular weight is 196 g/mol. The summed E-state index contributed by atoms with van der Waals surface area (Å²) in [6.07, 6.45) is 1.82. The Morgan fingerprint density at radius 2 is 1.87 bits per heavy atom. The zero-order chi connectivity index (χ0) is 10.4. The highest BCUT2D eigenvalue weighted by atomic mass is 14.8. The number of fused-ring (bicyclic) bond motifs is 3. The molecule has 3 rings (SSSR count). The van der Waals surface area contributed by atoms with E-state index in [1.165, 1.54) is 27.4 Å². The maximum atomic E-state index is 4.32. The maximum absolute atomic E-state index is 4.32. The molecule has 0 atom stereocenters. The average Bonchev–Trinajstić information content (AvgIpc) is 2.57. The van der Waals surface area contributed by atoms with Gasteiger partial charge in [0.1, 0.15) is 5.65 Å². The first kappa shape index (κ1) is 8.48. The molecule has 0 saturated carbocycles. The van der Waals surface area contributed by atoms with Crippen molar-refractivity contribution < 1.29 is 0 Å². The largest absolute Gasteiger partial charge is 0.339 e. The van der Waals surface area contributed by atoms with Crippen molar-refractivity contribution in [3.63, 3.8) is 0 Å². The van der Waals surface area contributed by atoms with Gasteiger partial charge in [0, 0.05) is 22.5 Å². The zero-order valence-electron chi connectivity index (χ0n) is 8.83. The summed E-state index contributed by atoms with van der Waals surface area (Å²) in [5.41, 5.74) is 4.78. The molecule has 0 aliphatic carbocycles. The molecule has 0 aliphatic rings. The zero-order valence-corrected chi connectivity index (χ0v) is 8.83. The van der Waals surface area contributed by atoms with Crippen molar-refractivity contribution in [2.24, 2.45) is 0 Å². The van der Waals surface area contributed by atoms with Gasteiger partial charge in [-0.3, -0.25) is 0 Å². The van der Waals surface area contributed by atoms with Crippen LogP contribution in [0.2, 0.25) is 0 Å². The van der Waals surface area contributed by atoms with Gasteiger partial charge in [-0.25, -0.2) is 4.98 Å². The molecule has 0 aliphatic heterocycles. The molecule has 0 bridgehead atoms. The fourth-order valence-electron chi connectivity index (χ4n) is 1.99. The van der Waals surface area contributed by atoms with E-state index in [-0.39, 0.29) is 0 Å². The van der Waals surface area contributed by atoms with Gasteiger partial charge in [0.05, 0.1) is 0 Å². The summed E-state index contributed by atoms with van der Waals surface area (Å²) in [6.45, 7) is 4.28. The third-order valence-corrected chi connectivity index (χ3v) is 2.98. The van der Waals surface area contributed by atoms with Crippen LogP contribution in [0.15, 0.2) is 30.5 Å². The Balaban J connectivity index is 2.56. The second-order valence-electron chi connectivity index (χ2n) is 4.01. The third kappa shape index (κ3) is 1.14. The van der Waals surface area contributed by atoms with Gasteiger partial charge in [-0.05, 0) is 49.2 Å². The number of aromatic amines is 1. The fourth-order valence-corrected chi connectivity index (χ4v) is 1.99. The first-order chi connectivity index (χ1) is 7.25. The lowest BCUT2D eigenvalue weighted by Crippen LogP contribution is -1.79. The van der Waals surface area contributed by atoms with Gasteiger partial charge in [-0.2, -0.15) is 0 Å². The molecule has 15 heavy (non-hydrogen) atoms. The molecule has 1 N–H and O–H groups in total. The molecular weight excluding hydrogens is 184 g/mol. The Bertz CT molecular complexity index is 650. The number of hydrogen-bond donors (Lipinski definition) is 1. The molecule has 74 valence electrons.